The number of nitrogens with zero attached hydrogens (tertiary/aromatic N) is 1. The van der Waals surface area contributed by atoms with Gasteiger partial charge in [-0.3, -0.25) is 4.79 Å². The smallest absolute Gasteiger partial charge is 0.258 e. The molecule has 3 nitrogen and oxygen atoms in total. The maximum absolute atomic E-state index is 13.1. The van der Waals surface area contributed by atoms with Crippen LogP contribution in [0.2, 0.25) is 5.15 Å². The highest BCUT2D eigenvalue weighted by Gasteiger charge is 2.14. The van der Waals surface area contributed by atoms with Crippen LogP contribution in [-0.2, 0) is 0 Å². The third kappa shape index (κ3) is 3.30. The number of aromatic nitrogens is 1. The Balaban J connectivity index is 2.28. The van der Waals surface area contributed by atoms with E-state index in [-0.39, 0.29) is 10.7 Å². The largest absolute Gasteiger partial charge is 0.321 e. The second-order valence-corrected chi connectivity index (χ2v) is 5.14. The number of carbonyl (C=O) groups is 1. The van der Waals surface area contributed by atoms with E-state index in [2.05, 4.69) is 26.2 Å². The minimum atomic E-state index is -0.613. The number of hydrogen-bond donors (Lipinski definition) is 1. The van der Waals surface area contributed by atoms with Crippen molar-refractivity contribution in [2.75, 3.05) is 5.32 Å². The van der Waals surface area contributed by atoms with Crippen molar-refractivity contribution in [3.8, 4) is 0 Å². The van der Waals surface area contributed by atoms with E-state index in [1.165, 1.54) is 0 Å². The quantitative estimate of drug-likeness (QED) is 0.831. The van der Waals surface area contributed by atoms with E-state index in [0.717, 1.165) is 22.3 Å². The molecular formula is C13H9BrClFN2O. The van der Waals surface area contributed by atoms with E-state index in [1.54, 1.807) is 6.07 Å². The van der Waals surface area contributed by atoms with Gasteiger partial charge in [0, 0.05) is 4.47 Å². The van der Waals surface area contributed by atoms with Gasteiger partial charge in [-0.15, -0.1) is 0 Å². The first-order chi connectivity index (χ1) is 8.97. The number of nitrogens with one attached hydrogen (secondary N) is 1. The summed E-state index contributed by atoms with van der Waals surface area (Å²) in [7, 11) is 0. The third-order valence-electron chi connectivity index (χ3n) is 2.42. The van der Waals surface area contributed by atoms with Gasteiger partial charge < -0.3 is 5.32 Å². The number of benzene rings is 1. The summed E-state index contributed by atoms with van der Waals surface area (Å²) in [6.07, 6.45) is 0.959. The summed E-state index contributed by atoms with van der Waals surface area (Å²) >= 11 is 9.12. The van der Waals surface area contributed by atoms with E-state index >= 15 is 0 Å². The number of hydrogen-bond acceptors (Lipinski definition) is 2. The number of carbonyl (C=O) groups excluding carboxylic acids is 1. The first-order valence-electron chi connectivity index (χ1n) is 5.36. The summed E-state index contributed by atoms with van der Waals surface area (Å²) in [6, 6.07) is 6.51. The van der Waals surface area contributed by atoms with Crippen molar-refractivity contribution >= 4 is 39.1 Å². The van der Waals surface area contributed by atoms with Crippen molar-refractivity contribution in [1.29, 1.82) is 0 Å². The van der Waals surface area contributed by atoms with Crippen LogP contribution >= 0.6 is 27.5 Å². The standard InChI is InChI=1S/C13H9BrClFN2O/c1-7-2-3-11(10(14)4-7)18-13(19)9-5-8(16)6-17-12(9)15/h2-6H,1H3,(H,18,19). The van der Waals surface area contributed by atoms with Crippen LogP contribution in [0.15, 0.2) is 34.9 Å². The Kier molecular flexibility index (Phi) is 4.17. The molecule has 0 saturated heterocycles. The first kappa shape index (κ1) is 14.0. The summed E-state index contributed by atoms with van der Waals surface area (Å²) < 4.78 is 13.8. The first-order valence-corrected chi connectivity index (χ1v) is 6.53. The fourth-order valence-electron chi connectivity index (χ4n) is 1.49. The van der Waals surface area contributed by atoms with Crippen molar-refractivity contribution in [3.63, 3.8) is 0 Å². The van der Waals surface area contributed by atoms with Gasteiger partial charge in [-0.1, -0.05) is 17.7 Å². The lowest BCUT2D eigenvalue weighted by Gasteiger charge is -2.08. The molecule has 1 amide bonds. The molecular weight excluding hydrogens is 335 g/mol. The average Bonchev–Trinajstić information content (AvgIpc) is 2.35. The van der Waals surface area contributed by atoms with Crippen molar-refractivity contribution in [1.82, 2.24) is 4.98 Å². The van der Waals surface area contributed by atoms with Gasteiger partial charge in [0.05, 0.1) is 17.4 Å². The van der Waals surface area contributed by atoms with Crippen LogP contribution in [0.25, 0.3) is 0 Å². The van der Waals surface area contributed by atoms with Gasteiger partial charge >= 0.3 is 0 Å². The highest BCUT2D eigenvalue weighted by molar-refractivity contribution is 9.10. The molecule has 6 heteroatoms. The summed E-state index contributed by atoms with van der Waals surface area (Å²) in [5.74, 6) is -1.13. The molecule has 0 bridgehead atoms. The van der Waals surface area contributed by atoms with Crippen molar-refractivity contribution in [2.45, 2.75) is 6.92 Å². The Morgan fingerprint density at radius 1 is 1.42 bits per heavy atom. The maximum atomic E-state index is 13.1. The zero-order chi connectivity index (χ0) is 14.0. The Bertz CT molecular complexity index is 649. The highest BCUT2D eigenvalue weighted by Crippen LogP contribution is 2.24. The van der Waals surface area contributed by atoms with Crippen LogP contribution < -0.4 is 5.32 Å². The molecule has 0 spiro atoms. The minimum Gasteiger partial charge on any atom is -0.321 e. The molecule has 0 aliphatic carbocycles. The van der Waals surface area contributed by atoms with E-state index in [0.29, 0.717) is 5.69 Å². The molecule has 1 aromatic heterocycles. The van der Waals surface area contributed by atoms with E-state index in [9.17, 15) is 9.18 Å². The third-order valence-corrected chi connectivity index (χ3v) is 3.38. The Morgan fingerprint density at radius 2 is 2.16 bits per heavy atom. The number of rotatable bonds is 2. The summed E-state index contributed by atoms with van der Waals surface area (Å²) in [6.45, 7) is 1.93. The molecule has 1 heterocycles. The molecule has 0 fully saturated rings. The topological polar surface area (TPSA) is 42.0 Å². The lowest BCUT2D eigenvalue weighted by molar-refractivity contribution is 0.102. The molecule has 2 aromatic rings. The highest BCUT2D eigenvalue weighted by atomic mass is 79.9. The molecule has 0 atom stereocenters. The second kappa shape index (κ2) is 5.67. The molecule has 0 unspecified atom stereocenters. The summed E-state index contributed by atoms with van der Waals surface area (Å²) in [4.78, 5) is 15.6. The zero-order valence-electron chi connectivity index (χ0n) is 9.88. The number of halogens is 3. The molecule has 1 aromatic carbocycles. The van der Waals surface area contributed by atoms with Crippen molar-refractivity contribution < 1.29 is 9.18 Å². The summed E-state index contributed by atoms with van der Waals surface area (Å²) in [5, 5.41) is 2.61. The van der Waals surface area contributed by atoms with Crippen LogP contribution in [0.3, 0.4) is 0 Å². The molecule has 0 aliphatic heterocycles. The van der Waals surface area contributed by atoms with Crippen LogP contribution in [-0.4, -0.2) is 10.9 Å². The van der Waals surface area contributed by atoms with Gasteiger partial charge in [-0.05, 0) is 46.6 Å². The number of aryl methyl sites for hydroxylation is 1. The lowest BCUT2D eigenvalue weighted by Crippen LogP contribution is -2.13. The van der Waals surface area contributed by atoms with E-state index < -0.39 is 11.7 Å². The molecule has 98 valence electrons. The van der Waals surface area contributed by atoms with E-state index in [1.807, 2.05) is 19.1 Å². The van der Waals surface area contributed by atoms with Gasteiger partial charge in [0.2, 0.25) is 0 Å². The fraction of sp³-hybridized carbons (Fsp3) is 0.0769. The van der Waals surface area contributed by atoms with Crippen LogP contribution in [0.4, 0.5) is 10.1 Å². The maximum Gasteiger partial charge on any atom is 0.258 e. The molecule has 0 aliphatic rings. The lowest BCUT2D eigenvalue weighted by atomic mass is 10.2. The summed E-state index contributed by atoms with van der Waals surface area (Å²) in [5.41, 5.74) is 1.63. The van der Waals surface area contributed by atoms with Crippen LogP contribution in [0.1, 0.15) is 15.9 Å². The molecule has 19 heavy (non-hydrogen) atoms. The average molecular weight is 344 g/mol. The van der Waals surface area contributed by atoms with Gasteiger partial charge in [-0.25, -0.2) is 9.37 Å². The normalized spacial score (nSPS) is 10.3. The van der Waals surface area contributed by atoms with Gasteiger partial charge in [0.1, 0.15) is 11.0 Å². The Labute approximate surface area is 122 Å². The molecule has 2 rings (SSSR count). The number of anilines is 1. The monoisotopic (exact) mass is 342 g/mol. The second-order valence-electron chi connectivity index (χ2n) is 3.93. The van der Waals surface area contributed by atoms with Crippen LogP contribution in [0, 0.1) is 12.7 Å². The Morgan fingerprint density at radius 3 is 2.84 bits per heavy atom. The van der Waals surface area contributed by atoms with Gasteiger partial charge in [0.25, 0.3) is 5.91 Å². The van der Waals surface area contributed by atoms with Crippen LogP contribution in [0.5, 0.6) is 0 Å². The van der Waals surface area contributed by atoms with Crippen molar-refractivity contribution in [2.24, 2.45) is 0 Å². The number of amides is 1. The molecule has 0 saturated carbocycles. The zero-order valence-corrected chi connectivity index (χ0v) is 12.2. The SMILES string of the molecule is Cc1ccc(NC(=O)c2cc(F)cnc2Cl)c(Br)c1. The fourth-order valence-corrected chi connectivity index (χ4v) is 2.27. The molecule has 1 N–H and O–H groups in total. The van der Waals surface area contributed by atoms with E-state index in [4.69, 9.17) is 11.6 Å². The Hall–Kier alpha value is -1.46. The minimum absolute atomic E-state index is 0.00542. The molecule has 0 radical (unpaired) electrons. The number of pyridine rings is 1. The predicted octanol–water partition coefficient (Wildman–Crippen LogP) is 4.20. The van der Waals surface area contributed by atoms with Crippen molar-refractivity contribution in [3.05, 3.63) is 57.0 Å². The predicted molar refractivity (Wildman–Crippen MR) is 76.0 cm³/mol. The van der Waals surface area contributed by atoms with Gasteiger partial charge in [-0.2, -0.15) is 0 Å². The van der Waals surface area contributed by atoms with Gasteiger partial charge in [0.15, 0.2) is 0 Å².